The first-order chi connectivity index (χ1) is 9.47. The van der Waals surface area contributed by atoms with E-state index in [2.05, 4.69) is 15.3 Å². The van der Waals surface area contributed by atoms with Gasteiger partial charge in [-0.05, 0) is 18.2 Å². The summed E-state index contributed by atoms with van der Waals surface area (Å²) >= 11 is 11.6. The van der Waals surface area contributed by atoms with Crippen molar-refractivity contribution in [1.82, 2.24) is 9.97 Å². The van der Waals surface area contributed by atoms with Crippen LogP contribution in [0.1, 0.15) is 10.4 Å². The minimum absolute atomic E-state index is 0.168. The molecule has 0 aliphatic carbocycles. The number of hydrogen-bond donors (Lipinski definition) is 1. The second-order valence-corrected chi connectivity index (χ2v) is 5.02. The minimum Gasteiger partial charge on any atom is -0.376 e. The molecule has 2 rings (SSSR count). The van der Waals surface area contributed by atoms with Gasteiger partial charge in [0.05, 0.1) is 17.6 Å². The summed E-state index contributed by atoms with van der Waals surface area (Å²) in [6.45, 7) is 0. The lowest BCUT2D eigenvalue weighted by molar-refractivity contribution is 0.102. The molecule has 0 radical (unpaired) electrons. The maximum absolute atomic E-state index is 12.2. The van der Waals surface area contributed by atoms with Gasteiger partial charge in [-0.15, -0.1) is 0 Å². The van der Waals surface area contributed by atoms with Crippen molar-refractivity contribution in [3.8, 4) is 0 Å². The smallest absolute Gasteiger partial charge is 0.255 e. The second kappa shape index (κ2) is 6.07. The molecule has 1 amide bonds. The molecule has 5 nitrogen and oxygen atoms in total. The summed E-state index contributed by atoms with van der Waals surface area (Å²) in [4.78, 5) is 21.9. The van der Waals surface area contributed by atoms with Crippen molar-refractivity contribution in [2.75, 3.05) is 24.3 Å². The lowest BCUT2D eigenvalue weighted by Gasteiger charge is -2.17. The summed E-state index contributed by atoms with van der Waals surface area (Å²) in [5.41, 5.74) is 1.79. The monoisotopic (exact) mass is 310 g/mol. The average molecular weight is 311 g/mol. The summed E-state index contributed by atoms with van der Waals surface area (Å²) in [6, 6.07) is 4.71. The first-order valence-corrected chi connectivity index (χ1v) is 6.49. The number of amides is 1. The third-order valence-electron chi connectivity index (χ3n) is 2.55. The Balaban J connectivity index is 2.28. The molecule has 0 atom stereocenters. The van der Waals surface area contributed by atoms with Gasteiger partial charge in [0.25, 0.3) is 5.91 Å². The third-order valence-corrected chi connectivity index (χ3v) is 2.94. The molecule has 0 fully saturated rings. The van der Waals surface area contributed by atoms with Gasteiger partial charge in [0.2, 0.25) is 0 Å². The Morgan fingerprint density at radius 1 is 1.25 bits per heavy atom. The van der Waals surface area contributed by atoms with Crippen LogP contribution >= 0.6 is 23.2 Å². The molecular weight excluding hydrogens is 299 g/mol. The Labute approximate surface area is 126 Å². The van der Waals surface area contributed by atoms with Gasteiger partial charge >= 0.3 is 0 Å². The molecular formula is C13H12Cl2N4O. The number of carbonyl (C=O) groups is 1. The summed E-state index contributed by atoms with van der Waals surface area (Å²) in [5, 5.41) is 3.11. The van der Waals surface area contributed by atoms with Crippen molar-refractivity contribution < 1.29 is 4.79 Å². The SMILES string of the molecule is CN(C)c1ccncc1NC(=O)c1cc(Cl)nc(Cl)c1. The molecule has 0 aromatic carbocycles. The molecule has 0 spiro atoms. The molecule has 0 saturated carbocycles. The average Bonchev–Trinajstić information content (AvgIpc) is 2.37. The fraction of sp³-hybridized carbons (Fsp3) is 0.154. The number of nitrogens with one attached hydrogen (secondary N) is 1. The molecule has 7 heteroatoms. The number of nitrogens with zero attached hydrogens (tertiary/aromatic N) is 3. The molecule has 0 bridgehead atoms. The van der Waals surface area contributed by atoms with Crippen LogP contribution in [0.4, 0.5) is 11.4 Å². The van der Waals surface area contributed by atoms with E-state index < -0.39 is 0 Å². The summed E-state index contributed by atoms with van der Waals surface area (Å²) in [5.74, 6) is -0.327. The zero-order valence-electron chi connectivity index (χ0n) is 10.9. The molecule has 20 heavy (non-hydrogen) atoms. The molecule has 1 N–H and O–H groups in total. The van der Waals surface area contributed by atoms with Gasteiger partial charge in [0, 0.05) is 25.9 Å². The molecule has 2 heterocycles. The van der Waals surface area contributed by atoms with Gasteiger partial charge in [-0.2, -0.15) is 0 Å². The van der Waals surface area contributed by atoms with E-state index in [1.165, 1.54) is 12.1 Å². The highest BCUT2D eigenvalue weighted by molar-refractivity contribution is 6.33. The van der Waals surface area contributed by atoms with E-state index in [-0.39, 0.29) is 16.2 Å². The highest BCUT2D eigenvalue weighted by atomic mass is 35.5. The van der Waals surface area contributed by atoms with E-state index in [4.69, 9.17) is 23.2 Å². The summed E-state index contributed by atoms with van der Waals surface area (Å²) in [7, 11) is 3.76. The van der Waals surface area contributed by atoms with Gasteiger partial charge in [-0.3, -0.25) is 9.78 Å². The van der Waals surface area contributed by atoms with Crippen LogP contribution in [0.25, 0.3) is 0 Å². The summed E-state index contributed by atoms with van der Waals surface area (Å²) < 4.78 is 0. The molecule has 0 unspecified atom stereocenters. The maximum atomic E-state index is 12.2. The molecule has 0 aliphatic heterocycles. The van der Waals surface area contributed by atoms with Gasteiger partial charge in [0.15, 0.2) is 0 Å². The standard InChI is InChI=1S/C13H12Cl2N4O/c1-19(2)10-3-4-16-7-9(10)17-13(20)8-5-11(14)18-12(15)6-8/h3-7H,1-2H3,(H,17,20). The van der Waals surface area contributed by atoms with E-state index in [0.29, 0.717) is 11.3 Å². The third kappa shape index (κ3) is 3.37. The Bertz CT molecular complexity index is 626. The van der Waals surface area contributed by atoms with Crippen LogP contribution in [-0.4, -0.2) is 30.0 Å². The van der Waals surface area contributed by atoms with Gasteiger partial charge in [-0.25, -0.2) is 4.98 Å². The molecule has 104 valence electrons. The first kappa shape index (κ1) is 14.6. The quantitative estimate of drug-likeness (QED) is 0.885. The zero-order chi connectivity index (χ0) is 14.7. The van der Waals surface area contributed by atoms with E-state index in [0.717, 1.165) is 5.69 Å². The predicted octanol–water partition coefficient (Wildman–Crippen LogP) is 3.10. The largest absolute Gasteiger partial charge is 0.376 e. The topological polar surface area (TPSA) is 58.1 Å². The van der Waals surface area contributed by atoms with Crippen LogP contribution in [0, 0.1) is 0 Å². The second-order valence-electron chi connectivity index (χ2n) is 4.24. The van der Waals surface area contributed by atoms with Gasteiger partial charge in [-0.1, -0.05) is 23.2 Å². The summed E-state index contributed by atoms with van der Waals surface area (Å²) in [6.07, 6.45) is 3.24. The van der Waals surface area contributed by atoms with Crippen molar-refractivity contribution in [2.45, 2.75) is 0 Å². The van der Waals surface area contributed by atoms with Crippen LogP contribution < -0.4 is 10.2 Å². The highest BCUT2D eigenvalue weighted by Gasteiger charge is 2.12. The van der Waals surface area contributed by atoms with E-state index >= 15 is 0 Å². The van der Waals surface area contributed by atoms with Crippen molar-refractivity contribution in [2.24, 2.45) is 0 Å². The van der Waals surface area contributed by atoms with E-state index in [9.17, 15) is 4.79 Å². The molecule has 0 saturated heterocycles. The van der Waals surface area contributed by atoms with Crippen LogP contribution in [0.2, 0.25) is 10.3 Å². The highest BCUT2D eigenvalue weighted by Crippen LogP contribution is 2.23. The molecule has 2 aromatic heterocycles. The number of carbonyl (C=O) groups excluding carboxylic acids is 1. The zero-order valence-corrected chi connectivity index (χ0v) is 12.4. The Kier molecular flexibility index (Phi) is 4.42. The van der Waals surface area contributed by atoms with Crippen LogP contribution in [0.15, 0.2) is 30.6 Å². The fourth-order valence-corrected chi connectivity index (χ4v) is 2.12. The lowest BCUT2D eigenvalue weighted by Crippen LogP contribution is -2.17. The first-order valence-electron chi connectivity index (χ1n) is 5.73. The number of hydrogen-bond acceptors (Lipinski definition) is 4. The maximum Gasteiger partial charge on any atom is 0.255 e. The van der Waals surface area contributed by atoms with Crippen LogP contribution in [-0.2, 0) is 0 Å². The fourth-order valence-electron chi connectivity index (χ4n) is 1.66. The Morgan fingerprint density at radius 3 is 2.50 bits per heavy atom. The Morgan fingerprint density at radius 2 is 1.90 bits per heavy atom. The number of rotatable bonds is 3. The number of halogens is 2. The van der Waals surface area contributed by atoms with Crippen molar-refractivity contribution in [3.05, 3.63) is 46.5 Å². The van der Waals surface area contributed by atoms with Crippen LogP contribution in [0.5, 0.6) is 0 Å². The van der Waals surface area contributed by atoms with Gasteiger partial charge < -0.3 is 10.2 Å². The predicted molar refractivity (Wildman–Crippen MR) is 80.8 cm³/mol. The van der Waals surface area contributed by atoms with E-state index in [1.807, 2.05) is 25.1 Å². The van der Waals surface area contributed by atoms with Gasteiger partial charge in [0.1, 0.15) is 10.3 Å². The number of pyridine rings is 2. The van der Waals surface area contributed by atoms with Crippen molar-refractivity contribution >= 4 is 40.5 Å². The molecule has 0 aliphatic rings. The van der Waals surface area contributed by atoms with Crippen LogP contribution in [0.3, 0.4) is 0 Å². The number of aromatic nitrogens is 2. The normalized spacial score (nSPS) is 10.2. The number of anilines is 2. The van der Waals surface area contributed by atoms with E-state index in [1.54, 1.807) is 12.4 Å². The van der Waals surface area contributed by atoms with Crippen molar-refractivity contribution in [3.63, 3.8) is 0 Å². The molecule has 2 aromatic rings. The minimum atomic E-state index is -0.327. The van der Waals surface area contributed by atoms with Crippen molar-refractivity contribution in [1.29, 1.82) is 0 Å². The Hall–Kier alpha value is -1.85. The lowest BCUT2D eigenvalue weighted by atomic mass is 10.2.